The van der Waals surface area contributed by atoms with Crippen LogP contribution in [-0.2, 0) is 6.54 Å². The molecule has 26 heavy (non-hydrogen) atoms. The minimum absolute atomic E-state index is 0.0694. The molecule has 3 aromatic rings. The van der Waals surface area contributed by atoms with Gasteiger partial charge in [-0.3, -0.25) is 4.79 Å². The molecule has 0 unspecified atom stereocenters. The summed E-state index contributed by atoms with van der Waals surface area (Å²) < 4.78 is 0. The van der Waals surface area contributed by atoms with Crippen LogP contribution in [0, 0.1) is 0 Å². The summed E-state index contributed by atoms with van der Waals surface area (Å²) in [6.45, 7) is 0.362. The third-order valence-electron chi connectivity index (χ3n) is 3.27. The van der Waals surface area contributed by atoms with E-state index < -0.39 is 29.0 Å². The third kappa shape index (κ3) is 3.73. The van der Waals surface area contributed by atoms with Crippen molar-refractivity contribution >= 4 is 40.4 Å². The van der Waals surface area contributed by atoms with Crippen LogP contribution in [0.3, 0.4) is 0 Å². The molecule has 0 aliphatic heterocycles. The van der Waals surface area contributed by atoms with E-state index in [0.717, 1.165) is 4.88 Å². The maximum absolute atomic E-state index is 12.0. The van der Waals surface area contributed by atoms with Gasteiger partial charge >= 0.3 is 12.0 Å². The molecule has 9 nitrogen and oxygen atoms in total. The quantitative estimate of drug-likeness (QED) is 0.450. The van der Waals surface area contributed by atoms with Crippen molar-refractivity contribution in [2.75, 3.05) is 5.32 Å². The maximum atomic E-state index is 12.0. The number of anilines is 1. The normalized spacial score (nSPS) is 10.5. The molecule has 0 aliphatic rings. The van der Waals surface area contributed by atoms with Crippen LogP contribution in [0.5, 0.6) is 5.75 Å². The lowest BCUT2D eigenvalue weighted by Crippen LogP contribution is -2.28. The highest BCUT2D eigenvalue weighted by Crippen LogP contribution is 2.29. The summed E-state index contributed by atoms with van der Waals surface area (Å²) in [6.07, 6.45) is 0. The molecule has 0 radical (unpaired) electrons. The van der Waals surface area contributed by atoms with Crippen LogP contribution in [0.2, 0.25) is 0 Å². The first-order chi connectivity index (χ1) is 12.5. The van der Waals surface area contributed by atoms with E-state index in [1.54, 1.807) is 10.8 Å². The molecular weight excluding hydrogens is 380 g/mol. The van der Waals surface area contributed by atoms with Gasteiger partial charge in [-0.1, -0.05) is 6.07 Å². The molecule has 3 heterocycles. The molecule has 0 aromatic carbocycles. The largest absolute Gasteiger partial charge is 0.501 e. The standard InChI is InChI=1S/C15H12N4O5S2/c20-11-10(14(22)23)18-12(19-13(11)21)8-5-25-6-9(8)17-15(24)16-4-7-2-1-3-26-7/h1-3,5-6,20H,4H2,(H,22,23)(H2,16,17,24)(H,18,19,21). The van der Waals surface area contributed by atoms with Gasteiger partial charge in [0.2, 0.25) is 5.75 Å². The number of carbonyl (C=O) groups excluding carboxylic acids is 1. The average Bonchev–Trinajstić information content (AvgIpc) is 3.26. The Morgan fingerprint density at radius 3 is 2.81 bits per heavy atom. The Bertz CT molecular complexity index is 1010. The smallest absolute Gasteiger partial charge is 0.358 e. The molecule has 0 saturated carbocycles. The first-order valence-electron chi connectivity index (χ1n) is 7.16. The number of carboxylic acids is 1. The van der Waals surface area contributed by atoms with E-state index >= 15 is 0 Å². The van der Waals surface area contributed by atoms with E-state index in [1.807, 2.05) is 17.5 Å². The van der Waals surface area contributed by atoms with E-state index in [2.05, 4.69) is 20.6 Å². The number of rotatable bonds is 5. The Kier molecular flexibility index (Phi) is 5.00. The first kappa shape index (κ1) is 17.6. The lowest BCUT2D eigenvalue weighted by Gasteiger charge is -2.08. The highest BCUT2D eigenvalue weighted by molar-refractivity contribution is 7.10. The Balaban J connectivity index is 1.81. The molecule has 2 amide bonds. The summed E-state index contributed by atoms with van der Waals surface area (Å²) in [5, 5.41) is 29.0. The van der Waals surface area contributed by atoms with Gasteiger partial charge in [0.25, 0.3) is 5.56 Å². The van der Waals surface area contributed by atoms with E-state index in [1.165, 1.54) is 22.7 Å². The molecule has 11 heteroatoms. The van der Waals surface area contributed by atoms with Crippen LogP contribution in [0.4, 0.5) is 10.5 Å². The van der Waals surface area contributed by atoms with Crippen molar-refractivity contribution in [2.24, 2.45) is 0 Å². The highest BCUT2D eigenvalue weighted by atomic mass is 32.1. The number of H-pyrrole nitrogens is 1. The number of aromatic hydroxyl groups is 1. The monoisotopic (exact) mass is 392 g/mol. The van der Waals surface area contributed by atoms with E-state index in [4.69, 9.17) is 5.11 Å². The molecule has 0 spiro atoms. The number of aromatic amines is 1. The van der Waals surface area contributed by atoms with Gasteiger partial charge in [-0.15, -0.1) is 22.7 Å². The van der Waals surface area contributed by atoms with E-state index in [-0.39, 0.29) is 5.82 Å². The van der Waals surface area contributed by atoms with Gasteiger partial charge in [-0.05, 0) is 11.4 Å². The zero-order chi connectivity index (χ0) is 18.7. The average molecular weight is 392 g/mol. The second-order valence-corrected chi connectivity index (χ2v) is 6.78. The predicted molar refractivity (Wildman–Crippen MR) is 97.0 cm³/mol. The van der Waals surface area contributed by atoms with Crippen LogP contribution in [0.25, 0.3) is 11.4 Å². The zero-order valence-corrected chi connectivity index (χ0v) is 14.6. The number of urea groups is 1. The molecule has 5 N–H and O–H groups in total. The predicted octanol–water partition coefficient (Wildman–Crippen LogP) is 2.29. The minimum atomic E-state index is -1.53. The summed E-state index contributed by atoms with van der Waals surface area (Å²) in [5.41, 5.74) is -1.06. The Morgan fingerprint density at radius 2 is 2.12 bits per heavy atom. The van der Waals surface area contributed by atoms with Crippen molar-refractivity contribution in [1.29, 1.82) is 0 Å². The van der Waals surface area contributed by atoms with Crippen molar-refractivity contribution in [3.05, 3.63) is 49.2 Å². The molecule has 0 aliphatic carbocycles. The Morgan fingerprint density at radius 1 is 1.31 bits per heavy atom. The fourth-order valence-electron chi connectivity index (χ4n) is 2.07. The van der Waals surface area contributed by atoms with Gasteiger partial charge in [0.1, 0.15) is 5.82 Å². The second kappa shape index (κ2) is 7.37. The van der Waals surface area contributed by atoms with Crippen molar-refractivity contribution in [1.82, 2.24) is 15.3 Å². The number of carbonyl (C=O) groups is 2. The van der Waals surface area contributed by atoms with Gasteiger partial charge in [-0.2, -0.15) is 0 Å². The molecule has 0 atom stereocenters. The Labute approximate surface area is 154 Å². The summed E-state index contributed by atoms with van der Waals surface area (Å²) in [7, 11) is 0. The number of hydrogen-bond acceptors (Lipinski definition) is 7. The summed E-state index contributed by atoms with van der Waals surface area (Å²) in [6, 6.07) is 3.31. The zero-order valence-electron chi connectivity index (χ0n) is 13.0. The van der Waals surface area contributed by atoms with Gasteiger partial charge in [0.15, 0.2) is 5.69 Å². The van der Waals surface area contributed by atoms with Crippen LogP contribution in [-0.4, -0.2) is 32.2 Å². The number of hydrogen-bond donors (Lipinski definition) is 5. The third-order valence-corrected chi connectivity index (χ3v) is 4.89. The van der Waals surface area contributed by atoms with Gasteiger partial charge < -0.3 is 25.8 Å². The SMILES string of the molecule is O=C(NCc1cccs1)Nc1cscc1-c1nc(C(=O)O)c(O)c(=O)[nH]1. The maximum Gasteiger partial charge on any atom is 0.358 e. The molecule has 0 bridgehead atoms. The fourth-order valence-corrected chi connectivity index (χ4v) is 3.48. The summed E-state index contributed by atoms with van der Waals surface area (Å²) >= 11 is 2.74. The molecule has 3 rings (SSSR count). The van der Waals surface area contributed by atoms with Crippen molar-refractivity contribution < 1.29 is 19.8 Å². The van der Waals surface area contributed by atoms with Crippen LogP contribution in [0.15, 0.2) is 33.1 Å². The first-order valence-corrected chi connectivity index (χ1v) is 8.98. The molecule has 134 valence electrons. The van der Waals surface area contributed by atoms with Crippen LogP contribution >= 0.6 is 22.7 Å². The molecule has 0 saturated heterocycles. The number of carboxylic acid groups (broad SMARTS) is 1. The number of nitrogens with one attached hydrogen (secondary N) is 3. The van der Waals surface area contributed by atoms with E-state index in [9.17, 15) is 19.5 Å². The van der Waals surface area contributed by atoms with Crippen molar-refractivity contribution in [3.8, 4) is 17.1 Å². The molecule has 0 fully saturated rings. The van der Waals surface area contributed by atoms with Crippen LogP contribution < -0.4 is 16.2 Å². The topological polar surface area (TPSA) is 144 Å². The van der Waals surface area contributed by atoms with Crippen molar-refractivity contribution in [3.63, 3.8) is 0 Å². The lowest BCUT2D eigenvalue weighted by molar-refractivity contribution is 0.0686. The molecular formula is C15H12N4O5S2. The lowest BCUT2D eigenvalue weighted by atomic mass is 10.2. The second-order valence-electron chi connectivity index (χ2n) is 5.00. The van der Waals surface area contributed by atoms with Gasteiger partial charge in [0, 0.05) is 15.6 Å². The number of aromatic nitrogens is 2. The number of aromatic carboxylic acids is 1. The van der Waals surface area contributed by atoms with Crippen molar-refractivity contribution in [2.45, 2.75) is 6.54 Å². The number of nitrogens with zero attached hydrogens (tertiary/aromatic N) is 1. The fraction of sp³-hybridized carbons (Fsp3) is 0.0667. The summed E-state index contributed by atoms with van der Waals surface area (Å²) in [4.78, 5) is 41.9. The van der Waals surface area contributed by atoms with Gasteiger partial charge in [0.05, 0.1) is 17.8 Å². The molecule has 3 aromatic heterocycles. The number of amides is 2. The van der Waals surface area contributed by atoms with Crippen LogP contribution in [0.1, 0.15) is 15.4 Å². The summed E-state index contributed by atoms with van der Waals surface area (Å²) in [5.74, 6) is -2.58. The number of thiophene rings is 2. The minimum Gasteiger partial charge on any atom is -0.501 e. The Hall–Kier alpha value is -3.18. The van der Waals surface area contributed by atoms with E-state index in [0.29, 0.717) is 17.8 Å². The highest BCUT2D eigenvalue weighted by Gasteiger charge is 2.19. The van der Waals surface area contributed by atoms with Gasteiger partial charge in [-0.25, -0.2) is 14.6 Å².